The van der Waals surface area contributed by atoms with Crippen LogP contribution in [0.5, 0.6) is 0 Å². The second-order valence-electron chi connectivity index (χ2n) is 5.63. The van der Waals surface area contributed by atoms with Crippen molar-refractivity contribution in [3.63, 3.8) is 0 Å². The van der Waals surface area contributed by atoms with Crippen molar-refractivity contribution >= 4 is 36.4 Å². The third-order valence-corrected chi connectivity index (χ3v) is 3.60. The van der Waals surface area contributed by atoms with E-state index in [2.05, 4.69) is 16.3 Å². The minimum atomic E-state index is -0.0301. The highest BCUT2D eigenvalue weighted by Crippen LogP contribution is 2.25. The van der Waals surface area contributed by atoms with Gasteiger partial charge in [-0.25, -0.2) is 0 Å². The summed E-state index contributed by atoms with van der Waals surface area (Å²) in [6.07, 6.45) is 2.92. The Kier molecular flexibility index (Phi) is 8.90. The van der Waals surface area contributed by atoms with E-state index in [0.29, 0.717) is 0 Å². The smallest absolute Gasteiger partial charge is 0.229 e. The number of anilines is 1. The molecule has 2 atom stereocenters. The van der Waals surface area contributed by atoms with Gasteiger partial charge in [0.15, 0.2) is 0 Å². The van der Waals surface area contributed by atoms with Gasteiger partial charge in [-0.3, -0.25) is 4.79 Å². The van der Waals surface area contributed by atoms with Crippen LogP contribution < -0.4 is 11.1 Å². The molecule has 0 aliphatic heterocycles. The van der Waals surface area contributed by atoms with Crippen LogP contribution >= 0.6 is 24.8 Å². The van der Waals surface area contributed by atoms with Crippen LogP contribution in [-0.2, 0) is 11.3 Å². The SMILES string of the molecule is CN(C)Cc1cccc(NC(=O)C2CCCC2N)c1.Cl.Cl. The van der Waals surface area contributed by atoms with Gasteiger partial charge in [0, 0.05) is 18.3 Å². The molecule has 2 rings (SSSR count). The molecule has 1 aromatic rings. The number of amides is 1. The van der Waals surface area contributed by atoms with Crippen LogP contribution in [0.1, 0.15) is 24.8 Å². The Labute approximate surface area is 139 Å². The van der Waals surface area contributed by atoms with Gasteiger partial charge in [-0.15, -0.1) is 24.8 Å². The molecule has 21 heavy (non-hydrogen) atoms. The second-order valence-corrected chi connectivity index (χ2v) is 5.63. The lowest BCUT2D eigenvalue weighted by atomic mass is 10.0. The summed E-state index contributed by atoms with van der Waals surface area (Å²) in [5.41, 5.74) is 8.02. The Hall–Kier alpha value is -0.810. The van der Waals surface area contributed by atoms with Crippen molar-refractivity contribution in [1.82, 2.24) is 4.90 Å². The summed E-state index contributed by atoms with van der Waals surface area (Å²) in [4.78, 5) is 14.3. The Bertz CT molecular complexity index is 454. The van der Waals surface area contributed by atoms with E-state index in [1.54, 1.807) is 0 Å². The van der Waals surface area contributed by atoms with Gasteiger partial charge in [-0.1, -0.05) is 18.6 Å². The van der Waals surface area contributed by atoms with E-state index < -0.39 is 0 Å². The van der Waals surface area contributed by atoms with Crippen molar-refractivity contribution in [2.45, 2.75) is 31.8 Å². The van der Waals surface area contributed by atoms with E-state index in [4.69, 9.17) is 5.73 Å². The Morgan fingerprint density at radius 3 is 2.62 bits per heavy atom. The normalized spacial score (nSPS) is 20.6. The summed E-state index contributed by atoms with van der Waals surface area (Å²) in [6.45, 7) is 0.868. The quantitative estimate of drug-likeness (QED) is 0.890. The summed E-state index contributed by atoms with van der Waals surface area (Å²) in [5, 5.41) is 2.99. The molecule has 0 radical (unpaired) electrons. The number of hydrogen-bond acceptors (Lipinski definition) is 3. The molecule has 0 bridgehead atoms. The average molecular weight is 334 g/mol. The lowest BCUT2D eigenvalue weighted by Gasteiger charge is -2.16. The first kappa shape index (κ1) is 20.2. The fourth-order valence-corrected chi connectivity index (χ4v) is 2.66. The number of carbonyl (C=O) groups excluding carboxylic acids is 1. The van der Waals surface area contributed by atoms with Gasteiger partial charge in [-0.2, -0.15) is 0 Å². The van der Waals surface area contributed by atoms with Crippen molar-refractivity contribution in [3.05, 3.63) is 29.8 Å². The number of benzene rings is 1. The maximum Gasteiger partial charge on any atom is 0.229 e. The van der Waals surface area contributed by atoms with E-state index in [9.17, 15) is 4.79 Å². The van der Waals surface area contributed by atoms with Crippen molar-refractivity contribution in [2.75, 3.05) is 19.4 Å². The van der Waals surface area contributed by atoms with Crippen LogP contribution in [0.25, 0.3) is 0 Å². The molecule has 4 nitrogen and oxygen atoms in total. The molecule has 6 heteroatoms. The van der Waals surface area contributed by atoms with Crippen molar-refractivity contribution < 1.29 is 4.79 Å². The fourth-order valence-electron chi connectivity index (χ4n) is 2.66. The Morgan fingerprint density at radius 2 is 2.05 bits per heavy atom. The summed E-state index contributed by atoms with van der Waals surface area (Å²) in [5.74, 6) is 0.0320. The molecular formula is C15H25Cl2N3O. The lowest BCUT2D eigenvalue weighted by molar-refractivity contribution is -0.120. The molecule has 2 unspecified atom stereocenters. The minimum Gasteiger partial charge on any atom is -0.327 e. The topological polar surface area (TPSA) is 58.4 Å². The number of halogens is 2. The van der Waals surface area contributed by atoms with Gasteiger partial charge in [0.05, 0.1) is 5.92 Å². The van der Waals surface area contributed by atoms with Gasteiger partial charge >= 0.3 is 0 Å². The highest BCUT2D eigenvalue weighted by molar-refractivity contribution is 5.93. The zero-order chi connectivity index (χ0) is 13.8. The first-order valence-electron chi connectivity index (χ1n) is 6.86. The predicted molar refractivity (Wildman–Crippen MR) is 92.3 cm³/mol. The Balaban J connectivity index is 0.00000200. The van der Waals surface area contributed by atoms with E-state index in [1.165, 1.54) is 5.56 Å². The molecule has 0 spiro atoms. The molecule has 1 aliphatic rings. The molecular weight excluding hydrogens is 309 g/mol. The minimum absolute atomic E-state index is 0. The largest absolute Gasteiger partial charge is 0.327 e. The van der Waals surface area contributed by atoms with Gasteiger partial charge in [0.25, 0.3) is 0 Å². The number of hydrogen-bond donors (Lipinski definition) is 2. The average Bonchev–Trinajstić information content (AvgIpc) is 2.75. The van der Waals surface area contributed by atoms with Crippen molar-refractivity contribution in [3.8, 4) is 0 Å². The molecule has 1 fully saturated rings. The monoisotopic (exact) mass is 333 g/mol. The van der Waals surface area contributed by atoms with Crippen molar-refractivity contribution in [1.29, 1.82) is 0 Å². The lowest BCUT2D eigenvalue weighted by Crippen LogP contribution is -2.34. The van der Waals surface area contributed by atoms with Crippen LogP contribution in [0.3, 0.4) is 0 Å². The van der Waals surface area contributed by atoms with Crippen LogP contribution in [0, 0.1) is 5.92 Å². The first-order chi connectivity index (χ1) is 9.06. The fraction of sp³-hybridized carbons (Fsp3) is 0.533. The van der Waals surface area contributed by atoms with Crippen LogP contribution in [-0.4, -0.2) is 30.9 Å². The van der Waals surface area contributed by atoms with E-state index in [-0.39, 0.29) is 42.7 Å². The van der Waals surface area contributed by atoms with Gasteiger partial charge in [0.1, 0.15) is 0 Å². The number of rotatable bonds is 4. The molecule has 1 saturated carbocycles. The van der Waals surface area contributed by atoms with Gasteiger partial charge in [0.2, 0.25) is 5.91 Å². The zero-order valence-electron chi connectivity index (χ0n) is 12.5. The maximum atomic E-state index is 12.2. The van der Waals surface area contributed by atoms with Crippen LogP contribution in [0.2, 0.25) is 0 Å². The number of nitrogens with one attached hydrogen (secondary N) is 1. The zero-order valence-corrected chi connectivity index (χ0v) is 14.2. The standard InChI is InChI=1S/C15H23N3O.2ClH/c1-18(2)10-11-5-3-6-12(9-11)17-15(19)13-7-4-8-14(13)16;;/h3,5-6,9,13-14H,4,7-8,10,16H2,1-2H3,(H,17,19);2*1H. The summed E-state index contributed by atoms with van der Waals surface area (Å²) < 4.78 is 0. The maximum absolute atomic E-state index is 12.2. The highest BCUT2D eigenvalue weighted by Gasteiger charge is 2.30. The first-order valence-corrected chi connectivity index (χ1v) is 6.86. The van der Waals surface area contributed by atoms with E-state index in [1.807, 2.05) is 32.3 Å². The predicted octanol–water partition coefficient (Wildman–Crippen LogP) is 2.66. The third kappa shape index (κ3) is 5.83. The van der Waals surface area contributed by atoms with Crippen LogP contribution in [0.15, 0.2) is 24.3 Å². The molecule has 1 aliphatic carbocycles. The molecule has 1 amide bonds. The van der Waals surface area contributed by atoms with Gasteiger partial charge < -0.3 is 16.0 Å². The molecule has 0 heterocycles. The summed E-state index contributed by atoms with van der Waals surface area (Å²) in [6, 6.07) is 8.01. The van der Waals surface area contributed by atoms with E-state index >= 15 is 0 Å². The molecule has 3 N–H and O–H groups in total. The Morgan fingerprint density at radius 1 is 1.33 bits per heavy atom. The van der Waals surface area contributed by atoms with Gasteiger partial charge in [-0.05, 0) is 44.6 Å². The molecule has 0 saturated heterocycles. The molecule has 120 valence electrons. The van der Waals surface area contributed by atoms with Crippen LogP contribution in [0.4, 0.5) is 5.69 Å². The number of nitrogens with zero attached hydrogens (tertiary/aromatic N) is 1. The summed E-state index contributed by atoms with van der Waals surface area (Å²) in [7, 11) is 4.06. The molecule has 1 aromatic carbocycles. The number of nitrogens with two attached hydrogens (primary N) is 1. The third-order valence-electron chi connectivity index (χ3n) is 3.60. The summed E-state index contributed by atoms with van der Waals surface area (Å²) >= 11 is 0. The highest BCUT2D eigenvalue weighted by atomic mass is 35.5. The van der Waals surface area contributed by atoms with E-state index in [0.717, 1.165) is 31.5 Å². The number of carbonyl (C=O) groups is 1. The second kappa shape index (κ2) is 9.26. The van der Waals surface area contributed by atoms with Crippen molar-refractivity contribution in [2.24, 2.45) is 11.7 Å². The molecule has 0 aromatic heterocycles.